The number of aliphatic hydroxyl groups excluding tert-OH is 3. The Balaban J connectivity index is 1.49. The number of aryl methyl sites for hydroxylation is 1. The molecule has 1 fully saturated rings. The Kier molecular flexibility index (Phi) is 5.63. The number of aliphatic hydroxyl groups is 3. The van der Waals surface area contributed by atoms with Gasteiger partial charge in [-0.1, -0.05) is 30.3 Å². The number of nitrogens with zero attached hydrogens (tertiary/aromatic N) is 3. The Hall–Kier alpha value is -2.72. The standard InChI is InChI=1S/C20H25N5O4/c21-13-9-15(22-8-4-7-12-5-2-1-3-6-12)24-19-16(13)23-11-25(19)20-18(28)17(27)14(10-26)29-20/h1-3,5-6,9,11,14,17-18,20,26-28H,4,7-8,10H2,(H3,21,22,24)/t14-,17-,18-,20-/m1/s1. The molecule has 0 amide bonds. The van der Waals surface area contributed by atoms with Crippen LogP contribution in [0.25, 0.3) is 11.2 Å². The van der Waals surface area contributed by atoms with E-state index in [1.54, 1.807) is 6.07 Å². The molecule has 0 bridgehead atoms. The monoisotopic (exact) mass is 399 g/mol. The normalized spacial score (nSPS) is 24.2. The Bertz CT molecular complexity index is 964. The van der Waals surface area contributed by atoms with Crippen molar-refractivity contribution in [3.05, 3.63) is 48.3 Å². The number of nitrogens with one attached hydrogen (secondary N) is 1. The first-order chi connectivity index (χ1) is 14.1. The average Bonchev–Trinajstić information content (AvgIpc) is 3.28. The van der Waals surface area contributed by atoms with Gasteiger partial charge in [0.15, 0.2) is 11.9 Å². The minimum absolute atomic E-state index is 0.398. The molecule has 1 saturated heterocycles. The summed E-state index contributed by atoms with van der Waals surface area (Å²) in [4.78, 5) is 8.83. The SMILES string of the molecule is Nc1cc(NCCCc2ccccc2)nc2c1ncn2[C@@H]1O[C@H](CO)[C@@H](O)[C@H]1O. The predicted molar refractivity (Wildman–Crippen MR) is 108 cm³/mol. The Labute approximate surface area is 167 Å². The van der Waals surface area contributed by atoms with E-state index in [1.165, 1.54) is 16.5 Å². The molecule has 1 aliphatic rings. The van der Waals surface area contributed by atoms with Crippen molar-refractivity contribution in [1.29, 1.82) is 0 Å². The van der Waals surface area contributed by atoms with Crippen LogP contribution in [0.5, 0.6) is 0 Å². The molecular formula is C20H25N5O4. The van der Waals surface area contributed by atoms with Gasteiger partial charge in [0.05, 0.1) is 18.6 Å². The van der Waals surface area contributed by atoms with E-state index in [2.05, 4.69) is 27.4 Å². The van der Waals surface area contributed by atoms with Gasteiger partial charge < -0.3 is 31.1 Å². The molecule has 4 rings (SSSR count). The molecule has 1 aromatic carbocycles. The highest BCUT2D eigenvalue weighted by atomic mass is 16.6. The number of pyridine rings is 1. The highest BCUT2D eigenvalue weighted by molar-refractivity contribution is 5.86. The zero-order chi connectivity index (χ0) is 20.4. The fraction of sp³-hybridized carbons (Fsp3) is 0.400. The summed E-state index contributed by atoms with van der Waals surface area (Å²) in [5, 5.41) is 32.9. The second kappa shape index (κ2) is 8.34. The third kappa shape index (κ3) is 3.90. The lowest BCUT2D eigenvalue weighted by molar-refractivity contribution is -0.0511. The Morgan fingerprint density at radius 1 is 1.17 bits per heavy atom. The fourth-order valence-corrected chi connectivity index (χ4v) is 3.57. The number of aromatic nitrogens is 3. The molecule has 0 radical (unpaired) electrons. The van der Waals surface area contributed by atoms with Gasteiger partial charge >= 0.3 is 0 Å². The highest BCUT2D eigenvalue weighted by Crippen LogP contribution is 2.32. The molecule has 2 aromatic heterocycles. The molecule has 4 atom stereocenters. The van der Waals surface area contributed by atoms with Crippen LogP contribution in [-0.4, -0.2) is 61.3 Å². The summed E-state index contributed by atoms with van der Waals surface area (Å²) in [6.45, 7) is 0.319. The maximum atomic E-state index is 10.3. The van der Waals surface area contributed by atoms with Crippen LogP contribution in [0.15, 0.2) is 42.7 Å². The number of anilines is 2. The van der Waals surface area contributed by atoms with Crippen LogP contribution in [0.2, 0.25) is 0 Å². The molecule has 1 aliphatic heterocycles. The number of imidazole rings is 1. The van der Waals surface area contributed by atoms with Crippen LogP contribution in [0.4, 0.5) is 11.5 Å². The summed E-state index contributed by atoms with van der Waals surface area (Å²) >= 11 is 0. The lowest BCUT2D eigenvalue weighted by atomic mass is 10.1. The minimum atomic E-state index is -1.21. The van der Waals surface area contributed by atoms with Crippen LogP contribution < -0.4 is 11.1 Å². The van der Waals surface area contributed by atoms with Gasteiger partial charge in [0.1, 0.15) is 29.6 Å². The quantitative estimate of drug-likeness (QED) is 0.365. The number of hydrogen-bond donors (Lipinski definition) is 5. The molecule has 29 heavy (non-hydrogen) atoms. The summed E-state index contributed by atoms with van der Waals surface area (Å²) in [6.07, 6.45) is -0.845. The van der Waals surface area contributed by atoms with E-state index < -0.39 is 31.1 Å². The summed E-state index contributed by atoms with van der Waals surface area (Å²) in [5.41, 5.74) is 8.78. The van der Waals surface area contributed by atoms with Gasteiger partial charge in [-0.25, -0.2) is 9.97 Å². The summed E-state index contributed by atoms with van der Waals surface area (Å²) < 4.78 is 7.12. The second-order valence-corrected chi connectivity index (χ2v) is 7.17. The molecule has 0 unspecified atom stereocenters. The van der Waals surface area contributed by atoms with Crippen LogP contribution in [0.1, 0.15) is 18.2 Å². The van der Waals surface area contributed by atoms with E-state index in [0.29, 0.717) is 22.7 Å². The number of ether oxygens (including phenoxy) is 1. The van der Waals surface area contributed by atoms with Gasteiger partial charge in [0, 0.05) is 12.6 Å². The second-order valence-electron chi connectivity index (χ2n) is 7.17. The van der Waals surface area contributed by atoms with Crippen molar-refractivity contribution in [2.24, 2.45) is 0 Å². The minimum Gasteiger partial charge on any atom is -0.397 e. The van der Waals surface area contributed by atoms with Gasteiger partial charge in [0.2, 0.25) is 0 Å². The van der Waals surface area contributed by atoms with Gasteiger partial charge in [-0.05, 0) is 18.4 Å². The number of fused-ring (bicyclic) bond motifs is 1. The van der Waals surface area contributed by atoms with E-state index in [0.717, 1.165) is 19.4 Å². The van der Waals surface area contributed by atoms with E-state index in [1.807, 2.05) is 18.2 Å². The van der Waals surface area contributed by atoms with Crippen molar-refractivity contribution in [2.75, 3.05) is 24.2 Å². The maximum Gasteiger partial charge on any atom is 0.166 e. The van der Waals surface area contributed by atoms with Crippen molar-refractivity contribution in [3.63, 3.8) is 0 Å². The molecule has 9 heteroatoms. The smallest absolute Gasteiger partial charge is 0.166 e. The average molecular weight is 399 g/mol. The molecule has 3 aromatic rings. The predicted octanol–water partition coefficient (Wildman–Crippen LogP) is 0.670. The van der Waals surface area contributed by atoms with E-state index >= 15 is 0 Å². The van der Waals surface area contributed by atoms with Gasteiger partial charge in [-0.2, -0.15) is 0 Å². The molecule has 9 nitrogen and oxygen atoms in total. The number of rotatable bonds is 7. The van der Waals surface area contributed by atoms with E-state index in [-0.39, 0.29) is 0 Å². The number of nitrogen functional groups attached to an aromatic ring is 1. The molecule has 0 spiro atoms. The fourth-order valence-electron chi connectivity index (χ4n) is 3.57. The number of nitrogens with two attached hydrogens (primary N) is 1. The number of benzene rings is 1. The van der Waals surface area contributed by atoms with Crippen LogP contribution >= 0.6 is 0 Å². The van der Waals surface area contributed by atoms with Crippen LogP contribution in [-0.2, 0) is 11.2 Å². The van der Waals surface area contributed by atoms with Crippen molar-refractivity contribution in [3.8, 4) is 0 Å². The van der Waals surface area contributed by atoms with E-state index in [4.69, 9.17) is 10.5 Å². The highest BCUT2D eigenvalue weighted by Gasteiger charge is 2.44. The zero-order valence-electron chi connectivity index (χ0n) is 15.8. The largest absolute Gasteiger partial charge is 0.397 e. The third-order valence-electron chi connectivity index (χ3n) is 5.14. The lowest BCUT2D eigenvalue weighted by Crippen LogP contribution is -2.33. The molecule has 0 aliphatic carbocycles. The first-order valence-electron chi connectivity index (χ1n) is 9.62. The zero-order valence-corrected chi connectivity index (χ0v) is 15.8. The van der Waals surface area contributed by atoms with Gasteiger partial charge in [-0.15, -0.1) is 0 Å². The topological polar surface area (TPSA) is 139 Å². The lowest BCUT2D eigenvalue weighted by Gasteiger charge is -2.17. The molecule has 6 N–H and O–H groups in total. The first kappa shape index (κ1) is 19.6. The van der Waals surface area contributed by atoms with Gasteiger partial charge in [-0.3, -0.25) is 4.57 Å². The van der Waals surface area contributed by atoms with Crippen molar-refractivity contribution < 1.29 is 20.1 Å². The Morgan fingerprint density at radius 3 is 2.69 bits per heavy atom. The molecule has 0 saturated carbocycles. The van der Waals surface area contributed by atoms with Crippen molar-refractivity contribution in [2.45, 2.75) is 37.4 Å². The van der Waals surface area contributed by atoms with Gasteiger partial charge in [0.25, 0.3) is 0 Å². The van der Waals surface area contributed by atoms with E-state index in [9.17, 15) is 15.3 Å². The summed E-state index contributed by atoms with van der Waals surface area (Å²) in [6, 6.07) is 12.0. The Morgan fingerprint density at radius 2 is 1.97 bits per heavy atom. The summed E-state index contributed by atoms with van der Waals surface area (Å²) in [5.74, 6) is 0.594. The summed E-state index contributed by atoms with van der Waals surface area (Å²) in [7, 11) is 0. The van der Waals surface area contributed by atoms with Crippen LogP contribution in [0.3, 0.4) is 0 Å². The molecule has 154 valence electrons. The molecule has 3 heterocycles. The maximum absolute atomic E-state index is 10.3. The van der Waals surface area contributed by atoms with Crippen molar-refractivity contribution in [1.82, 2.24) is 14.5 Å². The van der Waals surface area contributed by atoms with Crippen LogP contribution in [0, 0.1) is 0 Å². The number of hydrogen-bond acceptors (Lipinski definition) is 8. The third-order valence-corrected chi connectivity index (χ3v) is 5.14. The van der Waals surface area contributed by atoms with Crippen molar-refractivity contribution >= 4 is 22.7 Å². The molecular weight excluding hydrogens is 374 g/mol. The first-order valence-corrected chi connectivity index (χ1v) is 9.62.